The molecular formula is C11H14ClNO2. The number of hydrogen-bond donors (Lipinski definition) is 0. The molecule has 0 N–H and O–H groups in total. The van der Waals surface area contributed by atoms with Gasteiger partial charge in [0.05, 0.1) is 13.7 Å². The first kappa shape index (κ1) is 11.9. The highest BCUT2D eigenvalue weighted by molar-refractivity contribution is 6.62. The molecule has 0 radical (unpaired) electrons. The van der Waals surface area contributed by atoms with Crippen molar-refractivity contribution < 1.29 is 9.53 Å². The quantitative estimate of drug-likeness (QED) is 0.587. The van der Waals surface area contributed by atoms with E-state index in [2.05, 4.69) is 0 Å². The Morgan fingerprint density at radius 3 is 2.73 bits per heavy atom. The first-order chi connectivity index (χ1) is 7.04. The second-order valence-corrected chi connectivity index (χ2v) is 3.75. The highest BCUT2D eigenvalue weighted by atomic mass is 35.5. The predicted octanol–water partition coefficient (Wildman–Crippen LogP) is 2.79. The van der Waals surface area contributed by atoms with Crippen LogP contribution < -0.4 is 4.74 Å². The Morgan fingerprint density at radius 1 is 1.53 bits per heavy atom. The van der Waals surface area contributed by atoms with E-state index in [0.29, 0.717) is 6.54 Å². The van der Waals surface area contributed by atoms with Crippen LogP contribution in [0, 0.1) is 6.92 Å². The third-order valence-corrected chi connectivity index (χ3v) is 2.43. The fourth-order valence-electron chi connectivity index (χ4n) is 1.35. The molecule has 0 saturated heterocycles. The molecule has 0 fully saturated rings. The molecule has 1 amide bonds. The van der Waals surface area contributed by atoms with Gasteiger partial charge in [0, 0.05) is 12.6 Å². The van der Waals surface area contributed by atoms with Crippen molar-refractivity contribution in [3.63, 3.8) is 0 Å². The van der Waals surface area contributed by atoms with Gasteiger partial charge in [-0.25, -0.2) is 0 Å². The molecule has 0 unspecified atom stereocenters. The molecule has 3 nitrogen and oxygen atoms in total. The number of methoxy groups -OCH3 is 1. The summed E-state index contributed by atoms with van der Waals surface area (Å²) in [7, 11) is 3.26. The smallest absolute Gasteiger partial charge is 0.316 e. The number of carbonyl (C=O) groups excluding carboxylic acids is 1. The number of rotatable bonds is 3. The lowest BCUT2D eigenvalue weighted by Crippen LogP contribution is -2.20. The van der Waals surface area contributed by atoms with E-state index in [4.69, 9.17) is 16.3 Å². The van der Waals surface area contributed by atoms with Crippen LogP contribution in [0.1, 0.15) is 11.1 Å². The molecule has 0 heterocycles. The Kier molecular flexibility index (Phi) is 3.97. The summed E-state index contributed by atoms with van der Waals surface area (Å²) in [5.41, 5.74) is 2.08. The van der Waals surface area contributed by atoms with Gasteiger partial charge in [-0.15, -0.1) is 0 Å². The van der Waals surface area contributed by atoms with E-state index in [1.165, 1.54) is 4.90 Å². The van der Waals surface area contributed by atoms with E-state index >= 15 is 0 Å². The summed E-state index contributed by atoms with van der Waals surface area (Å²) in [5, 5.41) is -0.474. The molecule has 0 aliphatic rings. The normalized spacial score (nSPS) is 9.87. The van der Waals surface area contributed by atoms with Gasteiger partial charge in [0.15, 0.2) is 0 Å². The lowest BCUT2D eigenvalue weighted by molar-refractivity contribution is 0.230. The maximum absolute atomic E-state index is 10.9. The van der Waals surface area contributed by atoms with Crippen LogP contribution in [-0.4, -0.2) is 24.4 Å². The third kappa shape index (κ3) is 3.13. The monoisotopic (exact) mass is 227 g/mol. The van der Waals surface area contributed by atoms with Crippen LogP contribution in [0.15, 0.2) is 18.2 Å². The first-order valence-corrected chi connectivity index (χ1v) is 4.96. The van der Waals surface area contributed by atoms with E-state index in [1.807, 2.05) is 25.1 Å². The van der Waals surface area contributed by atoms with E-state index < -0.39 is 5.37 Å². The molecular weight excluding hydrogens is 214 g/mol. The number of aryl methyl sites for hydroxylation is 1. The van der Waals surface area contributed by atoms with Crippen molar-refractivity contribution >= 4 is 17.0 Å². The zero-order valence-electron chi connectivity index (χ0n) is 9.08. The fraction of sp³-hybridized carbons (Fsp3) is 0.364. The van der Waals surface area contributed by atoms with E-state index in [1.54, 1.807) is 14.2 Å². The maximum atomic E-state index is 10.9. The van der Waals surface area contributed by atoms with Gasteiger partial charge >= 0.3 is 5.37 Å². The Morgan fingerprint density at radius 2 is 2.20 bits per heavy atom. The van der Waals surface area contributed by atoms with Crippen molar-refractivity contribution in [1.82, 2.24) is 4.90 Å². The van der Waals surface area contributed by atoms with Gasteiger partial charge in [-0.05, 0) is 24.6 Å². The highest BCUT2D eigenvalue weighted by Crippen LogP contribution is 2.21. The molecule has 0 spiro atoms. The van der Waals surface area contributed by atoms with Crippen LogP contribution >= 0.6 is 11.6 Å². The predicted molar refractivity (Wildman–Crippen MR) is 60.4 cm³/mol. The molecule has 0 saturated carbocycles. The second kappa shape index (κ2) is 5.03. The number of carbonyl (C=O) groups is 1. The molecule has 0 aromatic heterocycles. The zero-order chi connectivity index (χ0) is 11.4. The summed E-state index contributed by atoms with van der Waals surface area (Å²) < 4.78 is 5.20. The van der Waals surface area contributed by atoms with Gasteiger partial charge in [0.1, 0.15) is 5.75 Å². The van der Waals surface area contributed by atoms with Crippen molar-refractivity contribution in [1.29, 1.82) is 0 Å². The van der Waals surface area contributed by atoms with Gasteiger partial charge < -0.3 is 9.64 Å². The molecule has 1 aromatic carbocycles. The summed E-state index contributed by atoms with van der Waals surface area (Å²) in [6.45, 7) is 2.44. The molecule has 0 aliphatic heterocycles. The highest BCUT2D eigenvalue weighted by Gasteiger charge is 2.09. The van der Waals surface area contributed by atoms with Gasteiger partial charge in [-0.2, -0.15) is 0 Å². The summed E-state index contributed by atoms with van der Waals surface area (Å²) in [5.74, 6) is 0.769. The van der Waals surface area contributed by atoms with E-state index in [-0.39, 0.29) is 0 Å². The molecule has 1 rings (SSSR count). The average Bonchev–Trinajstić information content (AvgIpc) is 2.18. The minimum atomic E-state index is -0.474. The van der Waals surface area contributed by atoms with Crippen LogP contribution in [0.3, 0.4) is 0 Å². The number of halogens is 1. The Bertz CT molecular complexity index is 366. The van der Waals surface area contributed by atoms with E-state index in [0.717, 1.165) is 16.9 Å². The molecule has 4 heteroatoms. The van der Waals surface area contributed by atoms with Crippen LogP contribution in [0.4, 0.5) is 4.79 Å². The number of amides is 1. The lowest BCUT2D eigenvalue weighted by Gasteiger charge is -2.16. The summed E-state index contributed by atoms with van der Waals surface area (Å²) >= 11 is 5.36. The summed E-state index contributed by atoms with van der Waals surface area (Å²) in [6.07, 6.45) is 0. The molecule has 1 aromatic rings. The fourth-order valence-corrected chi connectivity index (χ4v) is 1.41. The van der Waals surface area contributed by atoms with Crippen molar-refractivity contribution in [2.75, 3.05) is 14.2 Å². The minimum absolute atomic E-state index is 0.452. The standard InChI is InChI=1S/C11H14ClNO2/c1-8-4-5-10(15-3)9(6-8)7-13(2)11(12)14/h4-6H,7H2,1-3H3. The molecule has 0 aliphatic carbocycles. The molecule has 0 atom stereocenters. The SMILES string of the molecule is COc1ccc(C)cc1CN(C)C(=O)Cl. The van der Waals surface area contributed by atoms with Crippen molar-refractivity contribution in [2.45, 2.75) is 13.5 Å². The first-order valence-electron chi connectivity index (χ1n) is 4.58. The zero-order valence-corrected chi connectivity index (χ0v) is 9.84. The topological polar surface area (TPSA) is 29.5 Å². The number of hydrogen-bond acceptors (Lipinski definition) is 2. The van der Waals surface area contributed by atoms with Crippen LogP contribution in [0.25, 0.3) is 0 Å². The largest absolute Gasteiger partial charge is 0.496 e. The van der Waals surface area contributed by atoms with Gasteiger partial charge in [-0.1, -0.05) is 17.7 Å². The lowest BCUT2D eigenvalue weighted by atomic mass is 10.1. The van der Waals surface area contributed by atoms with Crippen molar-refractivity contribution in [2.24, 2.45) is 0 Å². The van der Waals surface area contributed by atoms with E-state index in [9.17, 15) is 4.79 Å². The number of ether oxygens (including phenoxy) is 1. The van der Waals surface area contributed by atoms with Gasteiger partial charge in [0.2, 0.25) is 0 Å². The van der Waals surface area contributed by atoms with Gasteiger partial charge in [0.25, 0.3) is 0 Å². The van der Waals surface area contributed by atoms with Crippen molar-refractivity contribution in [3.8, 4) is 5.75 Å². The maximum Gasteiger partial charge on any atom is 0.316 e. The Labute approximate surface area is 94.6 Å². The summed E-state index contributed by atoms with van der Waals surface area (Å²) in [6, 6.07) is 5.83. The minimum Gasteiger partial charge on any atom is -0.496 e. The Balaban J connectivity index is 2.91. The average molecular weight is 228 g/mol. The van der Waals surface area contributed by atoms with Crippen molar-refractivity contribution in [3.05, 3.63) is 29.3 Å². The second-order valence-electron chi connectivity index (χ2n) is 3.42. The number of benzene rings is 1. The van der Waals surface area contributed by atoms with Crippen LogP contribution in [-0.2, 0) is 6.54 Å². The number of nitrogens with zero attached hydrogens (tertiary/aromatic N) is 1. The van der Waals surface area contributed by atoms with Crippen LogP contribution in [0.5, 0.6) is 5.75 Å². The van der Waals surface area contributed by atoms with Crippen LogP contribution in [0.2, 0.25) is 0 Å². The summed E-state index contributed by atoms with van der Waals surface area (Å²) in [4.78, 5) is 12.3. The third-order valence-electron chi connectivity index (χ3n) is 2.14. The van der Waals surface area contributed by atoms with Gasteiger partial charge in [-0.3, -0.25) is 4.79 Å². The molecule has 0 bridgehead atoms. The Hall–Kier alpha value is -1.22. The molecule has 82 valence electrons. The molecule has 15 heavy (non-hydrogen) atoms.